The summed E-state index contributed by atoms with van der Waals surface area (Å²) in [4.78, 5) is 24.2. The molecule has 0 bridgehead atoms. The van der Waals surface area contributed by atoms with Crippen molar-refractivity contribution in [2.75, 3.05) is 18.6 Å². The lowest BCUT2D eigenvalue weighted by molar-refractivity contribution is 0.108. The Morgan fingerprint density at radius 1 is 1.00 bits per heavy atom. The molecule has 0 amide bonds. The maximum absolute atomic E-state index is 12.8. The summed E-state index contributed by atoms with van der Waals surface area (Å²) in [6.45, 7) is 0.848. The predicted octanol–water partition coefficient (Wildman–Crippen LogP) is 6.01. The highest BCUT2D eigenvalue weighted by Crippen LogP contribution is 2.36. The fourth-order valence-electron chi connectivity index (χ4n) is 4.13. The maximum Gasteiger partial charge on any atom is 0.264 e. The molecule has 0 saturated heterocycles. The van der Waals surface area contributed by atoms with E-state index in [1.807, 2.05) is 66.7 Å². The van der Waals surface area contributed by atoms with Gasteiger partial charge in [0.05, 0.1) is 12.6 Å². The number of benzene rings is 3. The minimum atomic E-state index is -0.105. The lowest BCUT2D eigenvalue weighted by atomic mass is 10.1. The average Bonchev–Trinajstić information content (AvgIpc) is 3.45. The van der Waals surface area contributed by atoms with Crippen molar-refractivity contribution < 1.29 is 13.9 Å². The topological polar surface area (TPSA) is 68.5 Å². The summed E-state index contributed by atoms with van der Waals surface area (Å²) in [5.74, 6) is 1.74. The molecule has 5 aromatic rings. The molecule has 3 aromatic carbocycles. The van der Waals surface area contributed by atoms with Crippen molar-refractivity contribution in [3.8, 4) is 5.75 Å². The average molecular weight is 454 g/mol. The van der Waals surface area contributed by atoms with Gasteiger partial charge in [-0.15, -0.1) is 0 Å². The molecular weight excluding hydrogens is 434 g/mol. The van der Waals surface area contributed by atoms with Crippen LogP contribution in [0.4, 0.5) is 11.5 Å². The van der Waals surface area contributed by atoms with E-state index in [1.165, 1.54) is 5.56 Å². The number of hydrogen-bond acceptors (Lipinski definition) is 7. The number of rotatable bonds is 4. The molecule has 162 valence electrons. The van der Waals surface area contributed by atoms with Crippen LogP contribution in [0.2, 0.25) is 0 Å². The number of oxazole rings is 1. The second kappa shape index (κ2) is 7.94. The van der Waals surface area contributed by atoms with Crippen LogP contribution in [-0.4, -0.2) is 28.7 Å². The molecule has 6 rings (SSSR count). The maximum atomic E-state index is 12.8. The number of anilines is 2. The standard InChI is InChI=1S/C26H19N3O3S/c1-31-20-11-8-17-14-18-12-13-29(24(18)27-22(17)15-20)19-9-6-16(7-10-19)25(30)33-26-28-21-4-2-3-5-23(21)32-26/h2-11,14-15H,12-13H2,1H3. The second-order valence-electron chi connectivity index (χ2n) is 7.82. The van der Waals surface area contributed by atoms with Gasteiger partial charge in [0, 0.05) is 41.0 Å². The molecule has 0 unspecified atom stereocenters. The Morgan fingerprint density at radius 2 is 1.85 bits per heavy atom. The Bertz CT molecular complexity index is 1480. The second-order valence-corrected chi connectivity index (χ2v) is 8.74. The number of ether oxygens (including phenoxy) is 1. The fraction of sp³-hybridized carbons (Fsp3) is 0.115. The molecular formula is C26H19N3O3S. The lowest BCUT2D eigenvalue weighted by Crippen LogP contribution is -2.14. The van der Waals surface area contributed by atoms with Crippen molar-refractivity contribution in [1.82, 2.24) is 9.97 Å². The molecule has 3 heterocycles. The van der Waals surface area contributed by atoms with Crippen molar-refractivity contribution in [3.05, 3.63) is 83.9 Å². The van der Waals surface area contributed by atoms with E-state index < -0.39 is 0 Å². The van der Waals surface area contributed by atoms with E-state index in [4.69, 9.17) is 14.1 Å². The van der Waals surface area contributed by atoms with Crippen LogP contribution in [0.5, 0.6) is 5.75 Å². The van der Waals surface area contributed by atoms with Gasteiger partial charge < -0.3 is 14.1 Å². The molecule has 0 radical (unpaired) electrons. The van der Waals surface area contributed by atoms with Gasteiger partial charge in [-0.3, -0.25) is 4.79 Å². The Morgan fingerprint density at radius 3 is 2.67 bits per heavy atom. The highest BCUT2D eigenvalue weighted by atomic mass is 32.2. The summed E-state index contributed by atoms with van der Waals surface area (Å²) >= 11 is 0.999. The summed E-state index contributed by atoms with van der Waals surface area (Å²) in [6.07, 6.45) is 0.929. The molecule has 0 saturated carbocycles. The summed E-state index contributed by atoms with van der Waals surface area (Å²) in [6, 6.07) is 23.2. The van der Waals surface area contributed by atoms with E-state index >= 15 is 0 Å². The third-order valence-corrected chi connectivity index (χ3v) is 6.58. The van der Waals surface area contributed by atoms with E-state index in [0.717, 1.165) is 58.4 Å². The Balaban J connectivity index is 1.24. The number of para-hydroxylation sites is 2. The van der Waals surface area contributed by atoms with Gasteiger partial charge in [0.15, 0.2) is 5.58 Å². The molecule has 7 heteroatoms. The van der Waals surface area contributed by atoms with Crippen LogP contribution in [0.3, 0.4) is 0 Å². The number of nitrogens with zero attached hydrogens (tertiary/aromatic N) is 3. The van der Waals surface area contributed by atoms with Crippen molar-refractivity contribution in [2.24, 2.45) is 0 Å². The number of aromatic nitrogens is 2. The first kappa shape index (κ1) is 19.8. The number of carbonyl (C=O) groups excluding carboxylic acids is 1. The summed E-state index contributed by atoms with van der Waals surface area (Å²) in [5, 5.41) is 1.35. The first-order chi connectivity index (χ1) is 16.2. The fourth-order valence-corrected chi connectivity index (χ4v) is 4.81. The van der Waals surface area contributed by atoms with Crippen molar-refractivity contribution in [2.45, 2.75) is 11.6 Å². The first-order valence-corrected chi connectivity index (χ1v) is 11.4. The molecule has 33 heavy (non-hydrogen) atoms. The first-order valence-electron chi connectivity index (χ1n) is 10.6. The third-order valence-electron chi connectivity index (χ3n) is 5.81. The van der Waals surface area contributed by atoms with Gasteiger partial charge in [-0.25, -0.2) is 9.97 Å². The summed E-state index contributed by atoms with van der Waals surface area (Å²) in [7, 11) is 1.66. The normalized spacial score (nSPS) is 12.9. The van der Waals surface area contributed by atoms with Gasteiger partial charge in [-0.2, -0.15) is 0 Å². The highest BCUT2D eigenvalue weighted by Gasteiger charge is 2.23. The van der Waals surface area contributed by atoms with E-state index in [9.17, 15) is 4.79 Å². The number of methoxy groups -OCH3 is 1. The van der Waals surface area contributed by atoms with Crippen LogP contribution in [0.1, 0.15) is 15.9 Å². The Kier molecular flexibility index (Phi) is 4.77. The zero-order valence-electron chi connectivity index (χ0n) is 17.8. The molecule has 0 fully saturated rings. The minimum Gasteiger partial charge on any atom is -0.497 e. The number of thioether (sulfide) groups is 1. The van der Waals surface area contributed by atoms with Crippen molar-refractivity contribution in [3.63, 3.8) is 0 Å². The van der Waals surface area contributed by atoms with Crippen LogP contribution >= 0.6 is 11.8 Å². The van der Waals surface area contributed by atoms with Gasteiger partial charge >= 0.3 is 0 Å². The molecule has 0 spiro atoms. The van der Waals surface area contributed by atoms with Crippen LogP contribution < -0.4 is 9.64 Å². The zero-order chi connectivity index (χ0) is 22.4. The third kappa shape index (κ3) is 3.60. The van der Waals surface area contributed by atoms with Crippen LogP contribution in [0.25, 0.3) is 22.0 Å². The van der Waals surface area contributed by atoms with Crippen LogP contribution in [-0.2, 0) is 6.42 Å². The van der Waals surface area contributed by atoms with Crippen molar-refractivity contribution in [1.29, 1.82) is 0 Å². The predicted molar refractivity (Wildman–Crippen MR) is 130 cm³/mol. The number of fused-ring (bicyclic) bond motifs is 3. The number of hydrogen-bond donors (Lipinski definition) is 0. The lowest BCUT2D eigenvalue weighted by Gasteiger charge is -2.19. The molecule has 0 aliphatic carbocycles. The smallest absolute Gasteiger partial charge is 0.264 e. The van der Waals surface area contributed by atoms with E-state index in [2.05, 4.69) is 16.0 Å². The molecule has 1 aliphatic rings. The highest BCUT2D eigenvalue weighted by molar-refractivity contribution is 8.14. The summed E-state index contributed by atoms with van der Waals surface area (Å²) < 4.78 is 11.0. The molecule has 1 aliphatic heterocycles. The van der Waals surface area contributed by atoms with Gasteiger partial charge in [0.1, 0.15) is 17.1 Å². The van der Waals surface area contributed by atoms with Gasteiger partial charge in [-0.05, 0) is 66.6 Å². The monoisotopic (exact) mass is 453 g/mol. The molecule has 0 atom stereocenters. The van der Waals surface area contributed by atoms with E-state index in [-0.39, 0.29) is 5.12 Å². The number of carbonyl (C=O) groups is 1. The Labute approximate surface area is 194 Å². The van der Waals surface area contributed by atoms with E-state index in [1.54, 1.807) is 7.11 Å². The summed E-state index contributed by atoms with van der Waals surface area (Å²) in [5.41, 5.74) is 5.15. The van der Waals surface area contributed by atoms with E-state index in [0.29, 0.717) is 16.4 Å². The van der Waals surface area contributed by atoms with Gasteiger partial charge in [-0.1, -0.05) is 12.1 Å². The molecule has 2 aromatic heterocycles. The molecule has 0 N–H and O–H groups in total. The quantitative estimate of drug-likeness (QED) is 0.309. The largest absolute Gasteiger partial charge is 0.497 e. The zero-order valence-corrected chi connectivity index (χ0v) is 18.6. The molecule has 6 nitrogen and oxygen atoms in total. The minimum absolute atomic E-state index is 0.105. The Hall–Kier alpha value is -3.84. The van der Waals surface area contributed by atoms with Crippen LogP contribution in [0, 0.1) is 0 Å². The SMILES string of the molecule is COc1ccc2cc3c(nc2c1)N(c1ccc(C(=O)Sc2nc4ccccc4o2)cc1)CC3. The van der Waals surface area contributed by atoms with Gasteiger partial charge in [0.25, 0.3) is 5.22 Å². The van der Waals surface area contributed by atoms with Crippen molar-refractivity contribution >= 4 is 50.4 Å². The van der Waals surface area contributed by atoms with Gasteiger partial charge in [0.2, 0.25) is 5.12 Å². The van der Waals surface area contributed by atoms with Crippen LogP contribution in [0.15, 0.2) is 82.4 Å². The number of pyridine rings is 1.